The molecule has 0 fully saturated rings. The fraction of sp³-hybridized carbons (Fsp3) is 0.462. The Bertz CT molecular complexity index is 379. The van der Waals surface area contributed by atoms with E-state index in [4.69, 9.17) is 5.84 Å². The predicted octanol–water partition coefficient (Wildman–Crippen LogP) is 2.23. The first-order valence-corrected chi connectivity index (χ1v) is 5.94. The van der Waals surface area contributed by atoms with Crippen LogP contribution in [0.15, 0.2) is 24.3 Å². The van der Waals surface area contributed by atoms with Gasteiger partial charge in [0.1, 0.15) is 0 Å². The number of para-hydroxylation sites is 1. The first kappa shape index (κ1) is 13.5. The van der Waals surface area contributed by atoms with Gasteiger partial charge in [-0.25, -0.2) is 0 Å². The lowest BCUT2D eigenvalue weighted by Crippen LogP contribution is -2.35. The standard InChI is InChI=1S/C13H21N3O/c1-4-7-10(2)16(3)13(17)11-8-5-6-9-12(11)15-14/h5-6,8-10,15H,4,7,14H2,1-3H3. The molecule has 0 saturated carbocycles. The molecular formula is C13H21N3O. The largest absolute Gasteiger partial charge is 0.339 e. The zero-order valence-corrected chi connectivity index (χ0v) is 10.7. The molecule has 4 heteroatoms. The molecule has 0 saturated heterocycles. The van der Waals surface area contributed by atoms with Gasteiger partial charge in [-0.05, 0) is 25.5 Å². The van der Waals surface area contributed by atoms with E-state index in [0.29, 0.717) is 11.3 Å². The monoisotopic (exact) mass is 235 g/mol. The Labute approximate surface area is 103 Å². The summed E-state index contributed by atoms with van der Waals surface area (Å²) < 4.78 is 0. The summed E-state index contributed by atoms with van der Waals surface area (Å²) in [5, 5.41) is 0. The molecule has 3 N–H and O–H groups in total. The molecule has 94 valence electrons. The number of hydrogen-bond donors (Lipinski definition) is 2. The Kier molecular flexibility index (Phi) is 4.97. The lowest BCUT2D eigenvalue weighted by Gasteiger charge is -2.25. The molecule has 4 nitrogen and oxygen atoms in total. The lowest BCUT2D eigenvalue weighted by molar-refractivity contribution is 0.0737. The maximum absolute atomic E-state index is 12.3. The third kappa shape index (κ3) is 3.20. The maximum atomic E-state index is 12.3. The van der Waals surface area contributed by atoms with Crippen molar-refractivity contribution in [2.75, 3.05) is 12.5 Å². The molecule has 0 heterocycles. The van der Waals surface area contributed by atoms with Crippen LogP contribution in [0.5, 0.6) is 0 Å². The minimum Gasteiger partial charge on any atom is -0.339 e. The average molecular weight is 235 g/mol. The van der Waals surface area contributed by atoms with Gasteiger partial charge in [0.05, 0.1) is 11.3 Å². The minimum atomic E-state index is -0.000463. The van der Waals surface area contributed by atoms with Crippen molar-refractivity contribution in [2.45, 2.75) is 32.7 Å². The smallest absolute Gasteiger partial charge is 0.255 e. The lowest BCUT2D eigenvalue weighted by atomic mass is 10.1. The van der Waals surface area contributed by atoms with Gasteiger partial charge in [-0.3, -0.25) is 10.6 Å². The number of nitrogen functional groups attached to an aromatic ring is 1. The Morgan fingerprint density at radius 2 is 2.12 bits per heavy atom. The summed E-state index contributed by atoms with van der Waals surface area (Å²) in [6.45, 7) is 4.17. The van der Waals surface area contributed by atoms with Crippen molar-refractivity contribution < 1.29 is 4.79 Å². The molecule has 0 radical (unpaired) electrons. The van der Waals surface area contributed by atoms with Crippen LogP contribution in [0.3, 0.4) is 0 Å². The van der Waals surface area contributed by atoms with Crippen molar-refractivity contribution in [1.29, 1.82) is 0 Å². The number of nitrogens with zero attached hydrogens (tertiary/aromatic N) is 1. The Balaban J connectivity index is 2.88. The van der Waals surface area contributed by atoms with Gasteiger partial charge < -0.3 is 10.3 Å². The SMILES string of the molecule is CCCC(C)N(C)C(=O)c1ccccc1NN. The van der Waals surface area contributed by atoms with Gasteiger partial charge in [0, 0.05) is 13.1 Å². The van der Waals surface area contributed by atoms with E-state index in [1.165, 1.54) is 0 Å². The van der Waals surface area contributed by atoms with Gasteiger partial charge in [-0.15, -0.1) is 0 Å². The van der Waals surface area contributed by atoms with Crippen LogP contribution in [0.1, 0.15) is 37.0 Å². The van der Waals surface area contributed by atoms with Gasteiger partial charge in [-0.2, -0.15) is 0 Å². The van der Waals surface area contributed by atoms with Crippen LogP contribution in [0.4, 0.5) is 5.69 Å². The highest BCUT2D eigenvalue weighted by Gasteiger charge is 2.18. The number of carbonyl (C=O) groups is 1. The Morgan fingerprint density at radius 1 is 1.47 bits per heavy atom. The molecule has 1 amide bonds. The van der Waals surface area contributed by atoms with Crippen LogP contribution in [0, 0.1) is 0 Å². The second-order valence-electron chi connectivity index (χ2n) is 4.24. The van der Waals surface area contributed by atoms with Crippen LogP contribution in [0.25, 0.3) is 0 Å². The van der Waals surface area contributed by atoms with Crippen molar-refractivity contribution in [2.24, 2.45) is 5.84 Å². The fourth-order valence-corrected chi connectivity index (χ4v) is 1.80. The average Bonchev–Trinajstić information content (AvgIpc) is 2.37. The molecule has 0 aromatic heterocycles. The normalized spacial score (nSPS) is 12.0. The number of benzene rings is 1. The number of hydrogen-bond acceptors (Lipinski definition) is 3. The number of hydrazine groups is 1. The number of nitrogens with two attached hydrogens (primary N) is 1. The van der Waals surface area contributed by atoms with Crippen LogP contribution in [-0.4, -0.2) is 23.9 Å². The van der Waals surface area contributed by atoms with Gasteiger partial charge >= 0.3 is 0 Å². The maximum Gasteiger partial charge on any atom is 0.255 e. The summed E-state index contributed by atoms with van der Waals surface area (Å²) in [5.41, 5.74) is 3.83. The molecule has 0 bridgehead atoms. The summed E-state index contributed by atoms with van der Waals surface area (Å²) >= 11 is 0. The second-order valence-corrected chi connectivity index (χ2v) is 4.24. The van der Waals surface area contributed by atoms with E-state index < -0.39 is 0 Å². The number of rotatable bonds is 5. The highest BCUT2D eigenvalue weighted by atomic mass is 16.2. The highest BCUT2D eigenvalue weighted by Crippen LogP contribution is 2.17. The molecule has 0 spiro atoms. The zero-order chi connectivity index (χ0) is 12.8. The Morgan fingerprint density at radius 3 is 2.71 bits per heavy atom. The number of amides is 1. The van der Waals surface area contributed by atoms with Crippen LogP contribution < -0.4 is 11.3 Å². The van der Waals surface area contributed by atoms with Crippen LogP contribution in [0.2, 0.25) is 0 Å². The summed E-state index contributed by atoms with van der Waals surface area (Å²) in [5.74, 6) is 5.40. The van der Waals surface area contributed by atoms with Gasteiger partial charge in [0.25, 0.3) is 5.91 Å². The minimum absolute atomic E-state index is 0.000463. The van der Waals surface area contributed by atoms with Crippen molar-refractivity contribution in [3.63, 3.8) is 0 Å². The van der Waals surface area contributed by atoms with Crippen molar-refractivity contribution >= 4 is 11.6 Å². The number of anilines is 1. The van der Waals surface area contributed by atoms with E-state index in [2.05, 4.69) is 19.3 Å². The van der Waals surface area contributed by atoms with E-state index in [-0.39, 0.29) is 11.9 Å². The molecule has 17 heavy (non-hydrogen) atoms. The summed E-state index contributed by atoms with van der Waals surface area (Å²) in [7, 11) is 1.83. The third-order valence-electron chi connectivity index (χ3n) is 3.00. The summed E-state index contributed by atoms with van der Waals surface area (Å²) in [4.78, 5) is 14.0. The highest BCUT2D eigenvalue weighted by molar-refractivity contribution is 5.99. The number of carbonyl (C=O) groups excluding carboxylic acids is 1. The first-order valence-electron chi connectivity index (χ1n) is 5.94. The molecule has 1 aromatic rings. The second kappa shape index (κ2) is 6.25. The fourth-order valence-electron chi connectivity index (χ4n) is 1.80. The quantitative estimate of drug-likeness (QED) is 0.608. The zero-order valence-electron chi connectivity index (χ0n) is 10.7. The third-order valence-corrected chi connectivity index (χ3v) is 3.00. The van der Waals surface area contributed by atoms with Crippen molar-refractivity contribution in [3.05, 3.63) is 29.8 Å². The summed E-state index contributed by atoms with van der Waals surface area (Å²) in [6.07, 6.45) is 2.07. The summed E-state index contributed by atoms with van der Waals surface area (Å²) in [6, 6.07) is 7.50. The first-order chi connectivity index (χ1) is 8.11. The number of nitrogens with one attached hydrogen (secondary N) is 1. The van der Waals surface area contributed by atoms with Gasteiger partial charge in [0.15, 0.2) is 0 Å². The van der Waals surface area contributed by atoms with Crippen LogP contribution >= 0.6 is 0 Å². The molecule has 0 aliphatic rings. The molecule has 1 aromatic carbocycles. The van der Waals surface area contributed by atoms with E-state index in [1.54, 1.807) is 17.0 Å². The topological polar surface area (TPSA) is 58.4 Å². The Hall–Kier alpha value is -1.55. The van der Waals surface area contributed by atoms with E-state index >= 15 is 0 Å². The van der Waals surface area contributed by atoms with E-state index in [0.717, 1.165) is 12.8 Å². The molecule has 0 aliphatic heterocycles. The molecule has 1 unspecified atom stereocenters. The van der Waals surface area contributed by atoms with Crippen molar-refractivity contribution in [3.8, 4) is 0 Å². The van der Waals surface area contributed by atoms with E-state index in [9.17, 15) is 4.79 Å². The van der Waals surface area contributed by atoms with E-state index in [1.807, 2.05) is 19.2 Å². The molecule has 1 rings (SSSR count). The van der Waals surface area contributed by atoms with Crippen LogP contribution in [-0.2, 0) is 0 Å². The van der Waals surface area contributed by atoms with Gasteiger partial charge in [-0.1, -0.05) is 25.5 Å². The van der Waals surface area contributed by atoms with Gasteiger partial charge in [0.2, 0.25) is 0 Å². The molecule has 1 atom stereocenters. The van der Waals surface area contributed by atoms with Crippen molar-refractivity contribution in [1.82, 2.24) is 4.90 Å². The molecule has 0 aliphatic carbocycles. The predicted molar refractivity (Wildman–Crippen MR) is 70.7 cm³/mol. The molecular weight excluding hydrogens is 214 g/mol.